The second-order valence-electron chi connectivity index (χ2n) is 4.47. The van der Waals surface area contributed by atoms with Crippen LogP contribution < -0.4 is 19.9 Å². The topological polar surface area (TPSA) is 70.8 Å². The number of amides is 1. The number of hydrogen-bond acceptors (Lipinski definition) is 4. The van der Waals surface area contributed by atoms with E-state index in [0.29, 0.717) is 23.7 Å². The molecule has 0 unspecified atom stereocenters. The van der Waals surface area contributed by atoms with Crippen LogP contribution in [0, 0.1) is 0 Å². The van der Waals surface area contributed by atoms with Crippen LogP contribution in [0.1, 0.15) is 15.9 Å². The van der Waals surface area contributed by atoms with Gasteiger partial charge in [-0.1, -0.05) is 15.9 Å². The monoisotopic (exact) mass is 349 g/mol. The Kier molecular flexibility index (Phi) is 3.70. The number of benzene rings is 2. The lowest BCUT2D eigenvalue weighted by atomic mass is 10.2. The minimum Gasteiger partial charge on any atom is -0.489 e. The molecular weight excluding hydrogens is 338 g/mol. The van der Waals surface area contributed by atoms with Gasteiger partial charge < -0.3 is 19.9 Å². The van der Waals surface area contributed by atoms with E-state index in [-0.39, 0.29) is 6.79 Å². The van der Waals surface area contributed by atoms with Crippen molar-refractivity contribution in [1.29, 1.82) is 0 Å². The fourth-order valence-corrected chi connectivity index (χ4v) is 2.38. The molecule has 1 aliphatic rings. The number of ether oxygens (including phenoxy) is 3. The van der Waals surface area contributed by atoms with Crippen LogP contribution in [0.4, 0.5) is 0 Å². The van der Waals surface area contributed by atoms with Crippen molar-refractivity contribution in [2.24, 2.45) is 5.73 Å². The quantitative estimate of drug-likeness (QED) is 0.921. The van der Waals surface area contributed by atoms with Gasteiger partial charge in [0.2, 0.25) is 12.7 Å². The highest BCUT2D eigenvalue weighted by Gasteiger charge is 2.16. The molecule has 5 nitrogen and oxygen atoms in total. The van der Waals surface area contributed by atoms with E-state index in [0.717, 1.165) is 15.8 Å². The fraction of sp³-hybridized carbons (Fsp3) is 0.133. The van der Waals surface area contributed by atoms with Gasteiger partial charge in [-0.2, -0.15) is 0 Å². The van der Waals surface area contributed by atoms with Crippen molar-refractivity contribution < 1.29 is 19.0 Å². The Morgan fingerprint density at radius 2 is 1.86 bits per heavy atom. The summed E-state index contributed by atoms with van der Waals surface area (Å²) in [5, 5.41) is 0. The molecule has 2 aromatic carbocycles. The number of halogens is 1. The first-order valence-corrected chi connectivity index (χ1v) is 7.03. The molecule has 3 rings (SSSR count). The summed E-state index contributed by atoms with van der Waals surface area (Å²) in [5.41, 5.74) is 6.58. The molecule has 0 bridgehead atoms. The van der Waals surface area contributed by atoms with Crippen LogP contribution in [0.15, 0.2) is 40.9 Å². The molecule has 0 fully saturated rings. The minimum atomic E-state index is -0.458. The largest absolute Gasteiger partial charge is 0.489 e. The van der Waals surface area contributed by atoms with E-state index >= 15 is 0 Å². The van der Waals surface area contributed by atoms with Crippen LogP contribution in [-0.2, 0) is 6.61 Å². The predicted octanol–water partition coefficient (Wildman–Crippen LogP) is 2.86. The van der Waals surface area contributed by atoms with Crippen molar-refractivity contribution in [3.05, 3.63) is 52.0 Å². The fourth-order valence-electron chi connectivity index (χ4n) is 1.95. The summed E-state index contributed by atoms with van der Waals surface area (Å²) in [5.74, 6) is 1.63. The summed E-state index contributed by atoms with van der Waals surface area (Å²) >= 11 is 3.48. The maximum Gasteiger partial charge on any atom is 0.248 e. The molecule has 108 valence electrons. The molecule has 1 aliphatic heterocycles. The van der Waals surface area contributed by atoms with Crippen molar-refractivity contribution in [1.82, 2.24) is 0 Å². The van der Waals surface area contributed by atoms with E-state index < -0.39 is 5.91 Å². The number of fused-ring (bicyclic) bond motifs is 1. The van der Waals surface area contributed by atoms with Crippen molar-refractivity contribution in [3.63, 3.8) is 0 Å². The Morgan fingerprint density at radius 1 is 1.19 bits per heavy atom. The van der Waals surface area contributed by atoms with Crippen LogP contribution in [-0.4, -0.2) is 12.7 Å². The maximum atomic E-state index is 11.0. The minimum absolute atomic E-state index is 0.237. The summed E-state index contributed by atoms with van der Waals surface area (Å²) in [6, 6.07) is 10.4. The molecule has 0 aromatic heterocycles. The van der Waals surface area contributed by atoms with E-state index in [4.69, 9.17) is 19.9 Å². The molecule has 6 heteroatoms. The normalized spacial score (nSPS) is 12.2. The van der Waals surface area contributed by atoms with Gasteiger partial charge >= 0.3 is 0 Å². The summed E-state index contributed by atoms with van der Waals surface area (Å²) in [7, 11) is 0. The third-order valence-electron chi connectivity index (χ3n) is 3.07. The number of carbonyl (C=O) groups excluding carboxylic acids is 1. The molecule has 1 heterocycles. The van der Waals surface area contributed by atoms with Crippen LogP contribution >= 0.6 is 15.9 Å². The van der Waals surface area contributed by atoms with Crippen LogP contribution in [0.2, 0.25) is 0 Å². The van der Waals surface area contributed by atoms with Gasteiger partial charge in [0.1, 0.15) is 12.4 Å². The van der Waals surface area contributed by atoms with Crippen LogP contribution in [0.3, 0.4) is 0 Å². The third kappa shape index (κ3) is 2.95. The van der Waals surface area contributed by atoms with Crippen molar-refractivity contribution in [3.8, 4) is 17.2 Å². The zero-order valence-electron chi connectivity index (χ0n) is 11.0. The van der Waals surface area contributed by atoms with Gasteiger partial charge in [0, 0.05) is 15.6 Å². The molecule has 0 saturated carbocycles. The number of nitrogens with two attached hydrogens (primary N) is 1. The van der Waals surface area contributed by atoms with Gasteiger partial charge in [-0.15, -0.1) is 0 Å². The highest BCUT2D eigenvalue weighted by Crippen LogP contribution is 2.37. The van der Waals surface area contributed by atoms with Gasteiger partial charge in [-0.3, -0.25) is 4.79 Å². The Balaban J connectivity index is 1.71. The summed E-state index contributed by atoms with van der Waals surface area (Å²) in [6.07, 6.45) is 0. The zero-order chi connectivity index (χ0) is 14.8. The number of carbonyl (C=O) groups is 1. The predicted molar refractivity (Wildman–Crippen MR) is 79.6 cm³/mol. The van der Waals surface area contributed by atoms with E-state index in [9.17, 15) is 4.79 Å². The Bertz CT molecular complexity index is 685. The number of rotatable bonds is 4. The average molecular weight is 350 g/mol. The van der Waals surface area contributed by atoms with E-state index in [1.54, 1.807) is 24.3 Å². The molecule has 0 radical (unpaired) electrons. The van der Waals surface area contributed by atoms with E-state index in [2.05, 4.69) is 15.9 Å². The zero-order valence-corrected chi connectivity index (χ0v) is 12.6. The molecule has 0 atom stereocenters. The second kappa shape index (κ2) is 5.65. The first kappa shape index (κ1) is 13.8. The smallest absolute Gasteiger partial charge is 0.248 e. The molecule has 1 amide bonds. The van der Waals surface area contributed by atoms with Crippen LogP contribution in [0.5, 0.6) is 17.2 Å². The highest BCUT2D eigenvalue weighted by atomic mass is 79.9. The van der Waals surface area contributed by atoms with Gasteiger partial charge in [0.25, 0.3) is 0 Å². The van der Waals surface area contributed by atoms with Gasteiger partial charge in [0.15, 0.2) is 11.5 Å². The Labute approximate surface area is 129 Å². The SMILES string of the molecule is NC(=O)c1ccc(OCc2cc3c(cc2Br)OCO3)cc1. The van der Waals surface area contributed by atoms with Crippen molar-refractivity contribution in [2.75, 3.05) is 6.79 Å². The standard InChI is InChI=1S/C15H12BrNO4/c16-12-6-14-13(20-8-21-14)5-10(12)7-19-11-3-1-9(2-4-11)15(17)18/h1-6H,7-8H2,(H2,17,18). The third-order valence-corrected chi connectivity index (χ3v) is 3.81. The van der Waals surface area contributed by atoms with Gasteiger partial charge in [-0.05, 0) is 36.4 Å². The number of primary amides is 1. The second-order valence-corrected chi connectivity index (χ2v) is 5.33. The van der Waals surface area contributed by atoms with Crippen molar-refractivity contribution >= 4 is 21.8 Å². The first-order valence-electron chi connectivity index (χ1n) is 6.24. The average Bonchev–Trinajstić information content (AvgIpc) is 2.92. The molecular formula is C15H12BrNO4. The lowest BCUT2D eigenvalue weighted by Crippen LogP contribution is -2.10. The maximum absolute atomic E-state index is 11.0. The molecule has 21 heavy (non-hydrogen) atoms. The van der Waals surface area contributed by atoms with Gasteiger partial charge in [0.05, 0.1) is 0 Å². The number of hydrogen-bond donors (Lipinski definition) is 1. The molecule has 0 saturated heterocycles. The summed E-state index contributed by atoms with van der Waals surface area (Å²) in [4.78, 5) is 11.0. The highest BCUT2D eigenvalue weighted by molar-refractivity contribution is 9.10. The van der Waals surface area contributed by atoms with Crippen molar-refractivity contribution in [2.45, 2.75) is 6.61 Å². The van der Waals surface area contributed by atoms with E-state index in [1.165, 1.54) is 0 Å². The van der Waals surface area contributed by atoms with Gasteiger partial charge in [-0.25, -0.2) is 0 Å². The van der Waals surface area contributed by atoms with E-state index in [1.807, 2.05) is 12.1 Å². The summed E-state index contributed by atoms with van der Waals surface area (Å²) < 4.78 is 17.2. The lowest BCUT2D eigenvalue weighted by molar-refractivity contribution is 0.1000. The molecule has 2 aromatic rings. The summed E-state index contributed by atoms with van der Waals surface area (Å²) in [6.45, 7) is 0.605. The Morgan fingerprint density at radius 3 is 2.52 bits per heavy atom. The molecule has 2 N–H and O–H groups in total. The molecule has 0 spiro atoms. The Hall–Kier alpha value is -2.21. The first-order chi connectivity index (χ1) is 10.1. The lowest BCUT2D eigenvalue weighted by Gasteiger charge is -2.09. The van der Waals surface area contributed by atoms with Crippen LogP contribution in [0.25, 0.3) is 0 Å². The molecule has 0 aliphatic carbocycles.